The lowest BCUT2D eigenvalue weighted by Gasteiger charge is -2.10. The minimum Gasteiger partial charge on any atom is -0.370 e. The fraction of sp³-hybridized carbons (Fsp3) is 0.312. The van der Waals surface area contributed by atoms with E-state index in [9.17, 15) is 10.1 Å². The number of nitrogens with zero attached hydrogens (tertiary/aromatic N) is 2. The van der Waals surface area contributed by atoms with Gasteiger partial charge in [-0.2, -0.15) is 0 Å². The van der Waals surface area contributed by atoms with Crippen LogP contribution in [0.3, 0.4) is 0 Å². The van der Waals surface area contributed by atoms with Crippen LogP contribution in [0.2, 0.25) is 0 Å². The predicted molar refractivity (Wildman–Crippen MR) is 81.3 cm³/mol. The highest BCUT2D eigenvalue weighted by Gasteiger charge is 2.20. The second-order valence-electron chi connectivity index (χ2n) is 5.42. The topological polar surface area (TPSA) is 68.1 Å². The molecule has 0 spiro atoms. The molecule has 5 heteroatoms. The number of aromatic nitrogens is 1. The molecule has 3 rings (SSSR count). The van der Waals surface area contributed by atoms with Crippen molar-refractivity contribution in [1.82, 2.24) is 4.98 Å². The van der Waals surface area contributed by atoms with Crippen molar-refractivity contribution in [3.05, 3.63) is 63.8 Å². The van der Waals surface area contributed by atoms with Gasteiger partial charge in [-0.05, 0) is 42.4 Å². The Hall–Kier alpha value is -2.43. The van der Waals surface area contributed by atoms with Crippen molar-refractivity contribution in [2.45, 2.75) is 19.3 Å². The van der Waals surface area contributed by atoms with Crippen LogP contribution in [-0.2, 0) is 12.8 Å². The van der Waals surface area contributed by atoms with E-state index in [-0.39, 0.29) is 5.69 Å². The van der Waals surface area contributed by atoms with Crippen LogP contribution in [0.1, 0.15) is 17.5 Å². The van der Waals surface area contributed by atoms with E-state index in [1.807, 2.05) is 0 Å². The quantitative estimate of drug-likeness (QED) is 0.676. The molecule has 0 atom stereocenters. The molecular formula is C16H17N3O2. The molecule has 2 aromatic rings. The lowest BCUT2D eigenvalue weighted by atomic mass is 10.0. The van der Waals surface area contributed by atoms with E-state index < -0.39 is 4.92 Å². The van der Waals surface area contributed by atoms with Crippen molar-refractivity contribution in [2.24, 2.45) is 5.92 Å². The summed E-state index contributed by atoms with van der Waals surface area (Å²) in [6.07, 6.45) is 4.65. The molecule has 1 aromatic heterocycles. The summed E-state index contributed by atoms with van der Waals surface area (Å²) in [5, 5.41) is 13.8. The minimum atomic E-state index is -0.438. The molecule has 0 aliphatic heterocycles. The van der Waals surface area contributed by atoms with Gasteiger partial charge in [0, 0.05) is 12.6 Å². The normalized spacial score (nSPS) is 13.9. The first-order valence-electron chi connectivity index (χ1n) is 7.13. The number of hydrogen-bond donors (Lipinski definition) is 1. The van der Waals surface area contributed by atoms with Gasteiger partial charge >= 0.3 is 0 Å². The third kappa shape index (κ3) is 3.18. The molecule has 1 N–H and O–H groups in total. The van der Waals surface area contributed by atoms with Crippen molar-refractivity contribution < 1.29 is 4.92 Å². The van der Waals surface area contributed by atoms with Crippen LogP contribution in [0.25, 0.3) is 0 Å². The Labute approximate surface area is 123 Å². The van der Waals surface area contributed by atoms with Crippen LogP contribution in [0, 0.1) is 16.0 Å². The molecule has 21 heavy (non-hydrogen) atoms. The van der Waals surface area contributed by atoms with E-state index in [1.54, 1.807) is 6.07 Å². The first-order valence-corrected chi connectivity index (χ1v) is 7.13. The van der Waals surface area contributed by atoms with Crippen molar-refractivity contribution >= 4 is 11.5 Å². The van der Waals surface area contributed by atoms with E-state index in [0.29, 0.717) is 11.7 Å². The number of fused-ring (bicyclic) bond motifs is 1. The molecule has 0 amide bonds. The van der Waals surface area contributed by atoms with Crippen LogP contribution in [0.15, 0.2) is 42.6 Å². The van der Waals surface area contributed by atoms with E-state index in [1.165, 1.54) is 23.4 Å². The van der Waals surface area contributed by atoms with Gasteiger partial charge in [-0.15, -0.1) is 0 Å². The summed E-state index contributed by atoms with van der Waals surface area (Å²) >= 11 is 0. The van der Waals surface area contributed by atoms with Gasteiger partial charge in [0.1, 0.15) is 12.0 Å². The summed E-state index contributed by atoms with van der Waals surface area (Å²) in [5.41, 5.74) is 2.96. The monoisotopic (exact) mass is 283 g/mol. The Morgan fingerprint density at radius 2 is 1.90 bits per heavy atom. The Bertz CT molecular complexity index is 615. The summed E-state index contributed by atoms with van der Waals surface area (Å²) < 4.78 is 0. The average Bonchev–Trinajstić information content (AvgIpc) is 2.90. The van der Waals surface area contributed by atoms with Crippen molar-refractivity contribution in [3.63, 3.8) is 0 Å². The van der Waals surface area contributed by atoms with Crippen molar-refractivity contribution in [1.29, 1.82) is 0 Å². The highest BCUT2D eigenvalue weighted by molar-refractivity contribution is 5.40. The zero-order chi connectivity index (χ0) is 14.7. The lowest BCUT2D eigenvalue weighted by molar-refractivity contribution is -0.385. The molecule has 108 valence electrons. The van der Waals surface area contributed by atoms with Gasteiger partial charge in [-0.3, -0.25) is 10.1 Å². The zero-order valence-corrected chi connectivity index (χ0v) is 11.7. The Morgan fingerprint density at radius 1 is 1.19 bits per heavy atom. The maximum absolute atomic E-state index is 10.6. The highest BCUT2D eigenvalue weighted by atomic mass is 16.6. The van der Waals surface area contributed by atoms with Gasteiger partial charge in [0.2, 0.25) is 0 Å². The Balaban J connectivity index is 1.48. The van der Waals surface area contributed by atoms with Gasteiger partial charge in [-0.1, -0.05) is 24.3 Å². The maximum Gasteiger partial charge on any atom is 0.287 e. The number of rotatable bonds is 5. The predicted octanol–water partition coefficient (Wildman–Crippen LogP) is 3.21. The minimum absolute atomic E-state index is 0.0202. The number of nitro groups is 1. The molecule has 0 radical (unpaired) electrons. The second kappa shape index (κ2) is 5.91. The van der Waals surface area contributed by atoms with Gasteiger partial charge in [0.05, 0.1) is 4.92 Å². The molecule has 0 saturated heterocycles. The Morgan fingerprint density at radius 3 is 2.48 bits per heavy atom. The average molecular weight is 283 g/mol. The molecule has 1 heterocycles. The van der Waals surface area contributed by atoms with E-state index >= 15 is 0 Å². The standard InChI is InChI=1S/C16H17N3O2/c20-19(21)15-5-6-16(18-11-15)17-8-7-12-9-13-3-1-2-4-14(13)10-12/h1-6,11-12H,7-10H2,(H,17,18). The first-order chi connectivity index (χ1) is 10.2. The highest BCUT2D eigenvalue weighted by Crippen LogP contribution is 2.28. The van der Waals surface area contributed by atoms with Crippen LogP contribution >= 0.6 is 0 Å². The number of anilines is 1. The maximum atomic E-state index is 10.6. The van der Waals surface area contributed by atoms with Gasteiger partial charge < -0.3 is 5.32 Å². The summed E-state index contributed by atoms with van der Waals surface area (Å²) in [4.78, 5) is 14.2. The Kier molecular flexibility index (Phi) is 3.81. The summed E-state index contributed by atoms with van der Waals surface area (Å²) in [6.45, 7) is 0.837. The van der Waals surface area contributed by atoms with Gasteiger partial charge in [0.15, 0.2) is 0 Å². The smallest absolute Gasteiger partial charge is 0.287 e. The van der Waals surface area contributed by atoms with Crippen LogP contribution < -0.4 is 5.32 Å². The van der Waals surface area contributed by atoms with Crippen molar-refractivity contribution in [2.75, 3.05) is 11.9 Å². The second-order valence-corrected chi connectivity index (χ2v) is 5.42. The van der Waals surface area contributed by atoms with E-state index in [2.05, 4.69) is 34.6 Å². The molecule has 1 aliphatic rings. The molecule has 1 aliphatic carbocycles. The van der Waals surface area contributed by atoms with E-state index in [4.69, 9.17) is 0 Å². The fourth-order valence-corrected chi connectivity index (χ4v) is 2.86. The molecular weight excluding hydrogens is 266 g/mol. The lowest BCUT2D eigenvalue weighted by Crippen LogP contribution is -2.10. The molecule has 0 unspecified atom stereocenters. The fourth-order valence-electron chi connectivity index (χ4n) is 2.86. The largest absolute Gasteiger partial charge is 0.370 e. The van der Waals surface area contributed by atoms with Crippen LogP contribution in [0.5, 0.6) is 0 Å². The number of hydrogen-bond acceptors (Lipinski definition) is 4. The molecule has 0 saturated carbocycles. The number of benzene rings is 1. The van der Waals surface area contributed by atoms with E-state index in [0.717, 1.165) is 25.8 Å². The molecule has 0 fully saturated rings. The van der Waals surface area contributed by atoms with Crippen molar-refractivity contribution in [3.8, 4) is 0 Å². The number of nitrogens with one attached hydrogen (secondary N) is 1. The summed E-state index contributed by atoms with van der Waals surface area (Å²) in [5.74, 6) is 1.36. The first kappa shape index (κ1) is 13.5. The van der Waals surface area contributed by atoms with Crippen LogP contribution in [-0.4, -0.2) is 16.5 Å². The molecule has 0 bridgehead atoms. The third-order valence-corrected chi connectivity index (χ3v) is 3.95. The molecule has 5 nitrogen and oxygen atoms in total. The summed E-state index contributed by atoms with van der Waals surface area (Å²) in [6, 6.07) is 11.7. The summed E-state index contributed by atoms with van der Waals surface area (Å²) in [7, 11) is 0. The molecule has 1 aromatic carbocycles. The SMILES string of the molecule is O=[N+]([O-])c1ccc(NCCC2Cc3ccccc3C2)nc1. The third-order valence-electron chi connectivity index (χ3n) is 3.95. The zero-order valence-electron chi connectivity index (χ0n) is 11.7. The number of pyridine rings is 1. The van der Waals surface area contributed by atoms with Gasteiger partial charge in [-0.25, -0.2) is 4.98 Å². The van der Waals surface area contributed by atoms with Crippen LogP contribution in [0.4, 0.5) is 11.5 Å². The van der Waals surface area contributed by atoms with Gasteiger partial charge in [0.25, 0.3) is 5.69 Å².